The van der Waals surface area contributed by atoms with Gasteiger partial charge in [0.1, 0.15) is 5.82 Å². The number of rotatable bonds is 4. The van der Waals surface area contributed by atoms with Crippen molar-refractivity contribution in [1.82, 2.24) is 9.97 Å². The van der Waals surface area contributed by atoms with E-state index in [0.717, 1.165) is 49.7 Å². The van der Waals surface area contributed by atoms with Gasteiger partial charge in [0.05, 0.1) is 6.10 Å². The maximum atomic E-state index is 10.6. The number of carboxylic acids is 1. The zero-order chi connectivity index (χ0) is 24.3. The predicted molar refractivity (Wildman–Crippen MR) is 119 cm³/mol. The van der Waals surface area contributed by atoms with Crippen LogP contribution in [0.3, 0.4) is 0 Å². The van der Waals surface area contributed by atoms with Gasteiger partial charge in [0.25, 0.3) is 0 Å². The van der Waals surface area contributed by atoms with E-state index in [1.54, 1.807) is 0 Å². The maximum absolute atomic E-state index is 10.6. The van der Waals surface area contributed by atoms with Crippen molar-refractivity contribution in [3.8, 4) is 0 Å². The third kappa shape index (κ3) is 6.13. The van der Waals surface area contributed by atoms with Crippen LogP contribution in [0.15, 0.2) is 12.1 Å². The summed E-state index contributed by atoms with van der Waals surface area (Å²) in [6.07, 6.45) is -1.39. The summed E-state index contributed by atoms with van der Waals surface area (Å²) >= 11 is 0. The number of aryl methyl sites for hydroxylation is 4. The van der Waals surface area contributed by atoms with Gasteiger partial charge in [0.2, 0.25) is 5.95 Å². The zero-order valence-corrected chi connectivity index (χ0v) is 19.2. The number of carboxylic acid groups (broad SMARTS) is 1. The van der Waals surface area contributed by atoms with Gasteiger partial charge in [-0.1, -0.05) is 17.7 Å². The number of ether oxygens (including phenoxy) is 1. The van der Waals surface area contributed by atoms with Gasteiger partial charge in [0, 0.05) is 36.6 Å². The molecule has 1 unspecified atom stereocenters. The number of aliphatic carboxylic acids is 1. The summed E-state index contributed by atoms with van der Waals surface area (Å²) in [5.74, 6) is -0.985. The summed E-state index contributed by atoms with van der Waals surface area (Å²) < 4.78 is 37.6. The average Bonchev–Trinajstić information content (AvgIpc) is 3.35. The van der Waals surface area contributed by atoms with Crippen LogP contribution in [0.1, 0.15) is 40.8 Å². The molecule has 0 aliphatic carbocycles. The van der Waals surface area contributed by atoms with Crippen molar-refractivity contribution in [3.05, 3.63) is 40.1 Å². The summed E-state index contributed by atoms with van der Waals surface area (Å²) in [5.41, 5.74) is 7.19. The lowest BCUT2D eigenvalue weighted by molar-refractivity contribution is -0.192. The van der Waals surface area contributed by atoms with Crippen molar-refractivity contribution >= 4 is 23.4 Å². The Bertz CT molecular complexity index is 998. The minimum absolute atomic E-state index is 0.342. The molecule has 2 N–H and O–H groups in total. The number of halogens is 3. The number of carbonyl (C=O) groups is 1. The van der Waals surface area contributed by atoms with Crippen molar-refractivity contribution < 1.29 is 27.8 Å². The second kappa shape index (κ2) is 9.94. The van der Waals surface area contributed by atoms with Crippen LogP contribution in [0.2, 0.25) is 0 Å². The van der Waals surface area contributed by atoms with Crippen LogP contribution in [-0.4, -0.2) is 53.0 Å². The fourth-order valence-electron chi connectivity index (χ4n) is 4.24. The average molecular weight is 467 g/mol. The molecule has 0 radical (unpaired) electrons. The molecule has 0 spiro atoms. The van der Waals surface area contributed by atoms with Gasteiger partial charge in [-0.25, -0.2) is 9.78 Å². The first-order chi connectivity index (χ1) is 15.5. The highest BCUT2D eigenvalue weighted by molar-refractivity contribution is 5.73. The van der Waals surface area contributed by atoms with E-state index >= 15 is 0 Å². The second-order valence-electron chi connectivity index (χ2n) is 8.47. The van der Waals surface area contributed by atoms with E-state index in [2.05, 4.69) is 50.0 Å². The molecule has 2 aromatic rings. The lowest BCUT2D eigenvalue weighted by Gasteiger charge is -2.22. The SMILES string of the molecule is Cc1cc(C)c(Nc2nc(C)c3c(n2)N(CC2CCCO2)CC3)c(C)c1.O=C(O)C(F)(F)F. The Morgan fingerprint density at radius 3 is 2.39 bits per heavy atom. The first-order valence-corrected chi connectivity index (χ1v) is 10.8. The van der Waals surface area contributed by atoms with E-state index in [4.69, 9.17) is 24.6 Å². The molecular formula is C23H29F3N4O3. The summed E-state index contributed by atoms with van der Waals surface area (Å²) in [5, 5.41) is 10.6. The van der Waals surface area contributed by atoms with E-state index in [-0.39, 0.29) is 0 Å². The van der Waals surface area contributed by atoms with Gasteiger partial charge in [0.15, 0.2) is 0 Å². The van der Waals surface area contributed by atoms with Gasteiger partial charge in [-0.2, -0.15) is 18.2 Å². The minimum atomic E-state index is -5.08. The number of aromatic nitrogens is 2. The lowest BCUT2D eigenvalue weighted by Crippen LogP contribution is -2.31. The fourth-order valence-corrected chi connectivity index (χ4v) is 4.24. The quantitative estimate of drug-likeness (QED) is 0.679. The van der Waals surface area contributed by atoms with Crippen molar-refractivity contribution in [2.45, 2.75) is 59.2 Å². The second-order valence-corrected chi connectivity index (χ2v) is 8.47. The van der Waals surface area contributed by atoms with Crippen molar-refractivity contribution in [2.75, 3.05) is 29.9 Å². The van der Waals surface area contributed by atoms with Crippen molar-refractivity contribution in [1.29, 1.82) is 0 Å². The first kappa shape index (κ1) is 24.8. The molecule has 1 atom stereocenters. The Balaban J connectivity index is 0.000000383. The number of alkyl halides is 3. The number of hydrogen-bond acceptors (Lipinski definition) is 6. The third-order valence-electron chi connectivity index (χ3n) is 5.73. The van der Waals surface area contributed by atoms with Gasteiger partial charge in [-0.3, -0.25) is 0 Å². The van der Waals surface area contributed by atoms with Crippen LogP contribution in [0.4, 0.5) is 30.6 Å². The van der Waals surface area contributed by atoms with Crippen molar-refractivity contribution in [2.24, 2.45) is 0 Å². The normalized spacial score (nSPS) is 17.4. The molecule has 0 bridgehead atoms. The number of nitrogens with zero attached hydrogens (tertiary/aromatic N) is 3. The summed E-state index contributed by atoms with van der Waals surface area (Å²) in [6.45, 7) is 11.3. The lowest BCUT2D eigenvalue weighted by atomic mass is 10.1. The smallest absolute Gasteiger partial charge is 0.475 e. The van der Waals surface area contributed by atoms with E-state index in [0.29, 0.717) is 12.1 Å². The summed E-state index contributed by atoms with van der Waals surface area (Å²) in [6, 6.07) is 4.39. The van der Waals surface area contributed by atoms with Crippen LogP contribution in [0.5, 0.6) is 0 Å². The molecule has 0 amide bonds. The predicted octanol–water partition coefficient (Wildman–Crippen LogP) is 4.63. The fraction of sp³-hybridized carbons (Fsp3) is 0.522. The summed E-state index contributed by atoms with van der Waals surface area (Å²) in [7, 11) is 0. The molecule has 180 valence electrons. The number of nitrogens with one attached hydrogen (secondary N) is 1. The molecule has 1 saturated heterocycles. The molecule has 33 heavy (non-hydrogen) atoms. The highest BCUT2D eigenvalue weighted by Crippen LogP contribution is 2.32. The highest BCUT2D eigenvalue weighted by Gasteiger charge is 2.38. The summed E-state index contributed by atoms with van der Waals surface area (Å²) in [4.78, 5) is 20.9. The van der Waals surface area contributed by atoms with Gasteiger partial charge in [-0.05, 0) is 58.1 Å². The molecule has 1 fully saturated rings. The number of fused-ring (bicyclic) bond motifs is 1. The Hall–Kier alpha value is -2.88. The molecule has 1 aromatic heterocycles. The van der Waals surface area contributed by atoms with Crippen molar-refractivity contribution in [3.63, 3.8) is 0 Å². The number of benzene rings is 1. The topological polar surface area (TPSA) is 87.6 Å². The van der Waals surface area contributed by atoms with Crippen LogP contribution >= 0.6 is 0 Å². The highest BCUT2D eigenvalue weighted by atomic mass is 19.4. The van der Waals surface area contributed by atoms with E-state index in [1.807, 2.05) is 0 Å². The Labute approximate surface area is 191 Å². The van der Waals surface area contributed by atoms with Gasteiger partial charge < -0.3 is 20.1 Å². The Morgan fingerprint density at radius 2 is 1.85 bits per heavy atom. The first-order valence-electron chi connectivity index (χ1n) is 10.8. The van der Waals surface area contributed by atoms with Crippen LogP contribution in [-0.2, 0) is 16.0 Å². The molecule has 3 heterocycles. The van der Waals surface area contributed by atoms with E-state index in [1.165, 1.54) is 28.7 Å². The standard InChI is InChI=1S/C21H28N4O.C2HF3O2/c1-13-10-14(2)19(15(3)11-13)23-21-22-16(4)18-7-8-25(20(18)24-21)12-17-6-5-9-26-17;3-2(4,5)1(6)7/h10-11,17H,5-9,12H2,1-4H3,(H,22,23,24);(H,6,7). The molecule has 7 nitrogen and oxygen atoms in total. The molecule has 0 saturated carbocycles. The third-order valence-corrected chi connectivity index (χ3v) is 5.73. The molecule has 10 heteroatoms. The zero-order valence-electron chi connectivity index (χ0n) is 19.2. The van der Waals surface area contributed by atoms with Gasteiger partial charge >= 0.3 is 12.1 Å². The minimum Gasteiger partial charge on any atom is -0.475 e. The van der Waals surface area contributed by atoms with Crippen LogP contribution in [0.25, 0.3) is 0 Å². The largest absolute Gasteiger partial charge is 0.490 e. The van der Waals surface area contributed by atoms with Gasteiger partial charge in [-0.15, -0.1) is 0 Å². The molecule has 4 rings (SSSR count). The van der Waals surface area contributed by atoms with Crippen LogP contribution in [0, 0.1) is 27.7 Å². The molecule has 2 aliphatic heterocycles. The monoisotopic (exact) mass is 466 g/mol. The molecule has 2 aliphatic rings. The van der Waals surface area contributed by atoms with E-state index in [9.17, 15) is 13.2 Å². The molecular weight excluding hydrogens is 437 g/mol. The Kier molecular flexibility index (Phi) is 7.46. The van der Waals surface area contributed by atoms with E-state index < -0.39 is 12.1 Å². The maximum Gasteiger partial charge on any atom is 0.490 e. The Morgan fingerprint density at radius 1 is 1.21 bits per heavy atom. The molecule has 1 aromatic carbocycles. The van der Waals surface area contributed by atoms with Crippen LogP contribution < -0.4 is 10.2 Å². The number of hydrogen-bond donors (Lipinski definition) is 2. The number of anilines is 3.